The molecule has 5 nitrogen and oxygen atoms in total. The maximum absolute atomic E-state index is 12.4. The van der Waals surface area contributed by atoms with E-state index in [4.69, 9.17) is 11.6 Å². The van der Waals surface area contributed by atoms with Crippen LogP contribution in [0, 0.1) is 0 Å². The number of halogens is 2. The summed E-state index contributed by atoms with van der Waals surface area (Å²) in [6, 6.07) is 16.0. The second-order valence-electron chi connectivity index (χ2n) is 6.60. The van der Waals surface area contributed by atoms with Crippen LogP contribution in [0.15, 0.2) is 53.5 Å². The Labute approximate surface area is 188 Å². The van der Waals surface area contributed by atoms with E-state index in [1.54, 1.807) is 7.05 Å². The first kappa shape index (κ1) is 22.5. The summed E-state index contributed by atoms with van der Waals surface area (Å²) in [5.41, 5.74) is 3.61. The third-order valence-electron chi connectivity index (χ3n) is 4.63. The SMILES string of the molecule is CN=C(NCCCC(=O)N1Cc2ccccc2C1)NCc1cccc(Cl)c1.I. The first-order chi connectivity index (χ1) is 13.2. The van der Waals surface area contributed by atoms with Gasteiger partial charge in [-0.3, -0.25) is 9.79 Å². The van der Waals surface area contributed by atoms with Crippen LogP contribution in [0.3, 0.4) is 0 Å². The van der Waals surface area contributed by atoms with Crippen molar-refractivity contribution in [2.24, 2.45) is 4.99 Å². The molecule has 0 radical (unpaired) electrons. The molecular formula is C21H26ClIN4O. The molecule has 7 heteroatoms. The van der Waals surface area contributed by atoms with E-state index in [0.717, 1.165) is 36.1 Å². The van der Waals surface area contributed by atoms with Crippen LogP contribution in [-0.2, 0) is 24.4 Å². The van der Waals surface area contributed by atoms with Crippen molar-refractivity contribution in [3.05, 3.63) is 70.2 Å². The largest absolute Gasteiger partial charge is 0.356 e. The second kappa shape index (κ2) is 11.3. The lowest BCUT2D eigenvalue weighted by Gasteiger charge is -2.16. The van der Waals surface area contributed by atoms with Crippen LogP contribution >= 0.6 is 35.6 Å². The smallest absolute Gasteiger partial charge is 0.223 e. The molecule has 0 unspecified atom stereocenters. The zero-order valence-electron chi connectivity index (χ0n) is 16.0. The Bertz CT molecular complexity index is 803. The summed E-state index contributed by atoms with van der Waals surface area (Å²) in [6.45, 7) is 2.80. The summed E-state index contributed by atoms with van der Waals surface area (Å²) < 4.78 is 0. The highest BCUT2D eigenvalue weighted by Crippen LogP contribution is 2.22. The van der Waals surface area contributed by atoms with Crippen molar-refractivity contribution < 1.29 is 4.79 Å². The predicted molar refractivity (Wildman–Crippen MR) is 125 cm³/mol. The molecule has 0 bridgehead atoms. The molecule has 0 saturated heterocycles. The van der Waals surface area contributed by atoms with Crippen molar-refractivity contribution in [2.75, 3.05) is 13.6 Å². The Morgan fingerprint density at radius 1 is 1.11 bits per heavy atom. The van der Waals surface area contributed by atoms with Crippen molar-refractivity contribution in [3.63, 3.8) is 0 Å². The third-order valence-corrected chi connectivity index (χ3v) is 4.86. The van der Waals surface area contributed by atoms with Crippen LogP contribution in [0.4, 0.5) is 0 Å². The van der Waals surface area contributed by atoms with E-state index in [0.29, 0.717) is 19.5 Å². The highest BCUT2D eigenvalue weighted by Gasteiger charge is 2.22. The standard InChI is InChI=1S/C21H25ClN4O.HI/c1-23-21(25-13-16-6-4-9-19(22)12-16)24-11-5-10-20(27)26-14-17-7-2-3-8-18(17)15-26;/h2-4,6-9,12H,5,10-11,13-15H2,1H3,(H2,23,24,25);1H. The molecule has 3 rings (SSSR count). The van der Waals surface area contributed by atoms with Gasteiger partial charge in [0.15, 0.2) is 5.96 Å². The lowest BCUT2D eigenvalue weighted by molar-refractivity contribution is -0.131. The van der Waals surface area contributed by atoms with Gasteiger partial charge >= 0.3 is 0 Å². The van der Waals surface area contributed by atoms with Crippen LogP contribution in [-0.4, -0.2) is 30.4 Å². The molecule has 2 aromatic carbocycles. The van der Waals surface area contributed by atoms with Gasteiger partial charge in [-0.2, -0.15) is 0 Å². The summed E-state index contributed by atoms with van der Waals surface area (Å²) >= 11 is 6.00. The van der Waals surface area contributed by atoms with Crippen molar-refractivity contribution in [3.8, 4) is 0 Å². The Morgan fingerprint density at radius 2 is 1.82 bits per heavy atom. The Kier molecular flexibility index (Phi) is 9.05. The van der Waals surface area contributed by atoms with Gasteiger partial charge in [0.05, 0.1) is 0 Å². The normalized spacial score (nSPS) is 12.9. The van der Waals surface area contributed by atoms with Crippen molar-refractivity contribution >= 4 is 47.4 Å². The van der Waals surface area contributed by atoms with Crippen molar-refractivity contribution in [2.45, 2.75) is 32.5 Å². The molecule has 0 saturated carbocycles. The number of benzene rings is 2. The molecule has 150 valence electrons. The quantitative estimate of drug-likeness (QED) is 0.267. The average molecular weight is 513 g/mol. The zero-order chi connectivity index (χ0) is 19.1. The van der Waals surface area contributed by atoms with Crippen molar-refractivity contribution in [1.82, 2.24) is 15.5 Å². The highest BCUT2D eigenvalue weighted by molar-refractivity contribution is 14.0. The molecule has 0 aromatic heterocycles. The molecule has 28 heavy (non-hydrogen) atoms. The summed E-state index contributed by atoms with van der Waals surface area (Å²) in [4.78, 5) is 18.6. The Balaban J connectivity index is 0.00000280. The Hall–Kier alpha value is -1.80. The van der Waals surface area contributed by atoms with Gasteiger partial charge in [0.2, 0.25) is 5.91 Å². The molecule has 1 amide bonds. The summed E-state index contributed by atoms with van der Waals surface area (Å²) in [6.07, 6.45) is 1.30. The topological polar surface area (TPSA) is 56.7 Å². The molecule has 1 heterocycles. The number of carbonyl (C=O) groups excluding carboxylic acids is 1. The second-order valence-corrected chi connectivity index (χ2v) is 7.04. The summed E-state index contributed by atoms with van der Waals surface area (Å²) in [5.74, 6) is 0.922. The number of fused-ring (bicyclic) bond motifs is 1. The number of nitrogens with one attached hydrogen (secondary N) is 2. The number of hydrogen-bond donors (Lipinski definition) is 2. The highest BCUT2D eigenvalue weighted by atomic mass is 127. The van der Waals surface area contributed by atoms with Crippen molar-refractivity contribution in [1.29, 1.82) is 0 Å². The molecule has 2 N–H and O–H groups in total. The monoisotopic (exact) mass is 512 g/mol. The maximum Gasteiger partial charge on any atom is 0.223 e. The van der Waals surface area contributed by atoms with E-state index < -0.39 is 0 Å². The zero-order valence-corrected chi connectivity index (χ0v) is 19.0. The molecule has 0 aliphatic carbocycles. The van der Waals surface area contributed by atoms with Crippen LogP contribution in [0.25, 0.3) is 0 Å². The fourth-order valence-corrected chi connectivity index (χ4v) is 3.38. The molecule has 1 aliphatic rings. The van der Waals surface area contributed by atoms with E-state index >= 15 is 0 Å². The van der Waals surface area contributed by atoms with Gasteiger partial charge in [-0.05, 0) is 35.2 Å². The fraction of sp³-hybridized carbons (Fsp3) is 0.333. The Morgan fingerprint density at radius 3 is 2.46 bits per heavy atom. The summed E-state index contributed by atoms with van der Waals surface area (Å²) in [7, 11) is 1.74. The predicted octanol–water partition coefficient (Wildman–Crippen LogP) is 3.95. The van der Waals surface area contributed by atoms with Gasteiger partial charge in [0.1, 0.15) is 0 Å². The first-order valence-electron chi connectivity index (χ1n) is 9.19. The number of amides is 1. The number of guanidine groups is 1. The van der Waals surface area contributed by atoms with Crippen LogP contribution in [0.1, 0.15) is 29.5 Å². The molecule has 0 spiro atoms. The van der Waals surface area contributed by atoms with Gasteiger partial charge in [-0.15, -0.1) is 24.0 Å². The third kappa shape index (κ3) is 6.38. The molecular weight excluding hydrogens is 487 g/mol. The molecule has 1 aliphatic heterocycles. The average Bonchev–Trinajstić information content (AvgIpc) is 3.11. The minimum Gasteiger partial charge on any atom is -0.356 e. The van der Waals surface area contributed by atoms with E-state index in [1.807, 2.05) is 41.3 Å². The van der Waals surface area contributed by atoms with E-state index in [2.05, 4.69) is 27.8 Å². The van der Waals surface area contributed by atoms with Gasteiger partial charge in [-0.1, -0.05) is 48.0 Å². The van der Waals surface area contributed by atoms with Crippen LogP contribution < -0.4 is 10.6 Å². The minimum atomic E-state index is 0. The summed E-state index contributed by atoms with van der Waals surface area (Å²) in [5, 5.41) is 7.23. The number of aliphatic imine (C=N–C) groups is 1. The van der Waals surface area contributed by atoms with E-state index in [1.165, 1.54) is 11.1 Å². The number of nitrogens with zero attached hydrogens (tertiary/aromatic N) is 2. The lowest BCUT2D eigenvalue weighted by Crippen LogP contribution is -2.37. The maximum atomic E-state index is 12.4. The molecule has 0 atom stereocenters. The van der Waals surface area contributed by atoms with E-state index in [-0.39, 0.29) is 29.9 Å². The van der Waals surface area contributed by atoms with Crippen LogP contribution in [0.2, 0.25) is 5.02 Å². The van der Waals surface area contributed by atoms with Crippen LogP contribution in [0.5, 0.6) is 0 Å². The van der Waals surface area contributed by atoms with Gasteiger partial charge in [-0.25, -0.2) is 0 Å². The minimum absolute atomic E-state index is 0. The lowest BCUT2D eigenvalue weighted by atomic mass is 10.1. The number of hydrogen-bond acceptors (Lipinski definition) is 2. The van der Waals surface area contributed by atoms with Gasteiger partial charge in [0.25, 0.3) is 0 Å². The number of carbonyl (C=O) groups is 1. The molecule has 0 fully saturated rings. The first-order valence-corrected chi connectivity index (χ1v) is 9.57. The van der Waals surface area contributed by atoms with E-state index in [9.17, 15) is 4.79 Å². The fourth-order valence-electron chi connectivity index (χ4n) is 3.17. The number of rotatable bonds is 6. The van der Waals surface area contributed by atoms with Gasteiger partial charge < -0.3 is 15.5 Å². The molecule has 2 aromatic rings. The van der Waals surface area contributed by atoms with Gasteiger partial charge in [0, 0.05) is 44.7 Å².